The van der Waals surface area contributed by atoms with Crippen LogP contribution in [0.5, 0.6) is 5.75 Å². The van der Waals surface area contributed by atoms with Gasteiger partial charge in [0.25, 0.3) is 0 Å². The Hall–Kier alpha value is -0.480. The Balaban J connectivity index is 1.93. The van der Waals surface area contributed by atoms with Gasteiger partial charge in [0.1, 0.15) is 12.4 Å². The first-order valence-corrected chi connectivity index (χ1v) is 7.99. The van der Waals surface area contributed by atoms with E-state index in [1.54, 1.807) is 6.07 Å². The number of hydrogen-bond donors (Lipinski definition) is 1. The first-order chi connectivity index (χ1) is 9.70. The molecule has 1 aliphatic heterocycles. The Labute approximate surface area is 131 Å². The second-order valence-corrected chi connectivity index (χ2v) is 6.01. The van der Waals surface area contributed by atoms with Crippen LogP contribution in [0.25, 0.3) is 0 Å². The molecule has 2 N–H and O–H groups in total. The molecule has 1 aliphatic rings. The molecule has 0 unspecified atom stereocenters. The molecule has 0 aliphatic carbocycles. The van der Waals surface area contributed by atoms with Gasteiger partial charge in [0.2, 0.25) is 0 Å². The molecule has 20 heavy (non-hydrogen) atoms. The van der Waals surface area contributed by atoms with Crippen LogP contribution in [-0.4, -0.2) is 37.7 Å². The van der Waals surface area contributed by atoms with Crippen LogP contribution in [-0.2, 0) is 6.42 Å². The number of piperidine rings is 1. The summed E-state index contributed by atoms with van der Waals surface area (Å²) in [6.07, 6.45) is 4.65. The molecule has 3 nitrogen and oxygen atoms in total. The highest BCUT2D eigenvalue weighted by Gasteiger charge is 2.13. The van der Waals surface area contributed by atoms with Gasteiger partial charge in [-0.25, -0.2) is 0 Å². The molecule has 112 valence electrons. The van der Waals surface area contributed by atoms with Crippen LogP contribution >= 0.6 is 23.2 Å². The van der Waals surface area contributed by atoms with E-state index < -0.39 is 0 Å². The smallest absolute Gasteiger partial charge is 0.141 e. The average molecular weight is 317 g/mol. The quantitative estimate of drug-likeness (QED) is 0.874. The highest BCUT2D eigenvalue weighted by Crippen LogP contribution is 2.32. The zero-order chi connectivity index (χ0) is 14.4. The predicted octanol–water partition coefficient (Wildman–Crippen LogP) is 3.36. The van der Waals surface area contributed by atoms with Crippen molar-refractivity contribution in [3.05, 3.63) is 27.7 Å². The van der Waals surface area contributed by atoms with E-state index in [2.05, 4.69) is 4.90 Å². The molecule has 0 amide bonds. The monoisotopic (exact) mass is 316 g/mol. The molecule has 1 saturated heterocycles. The summed E-state index contributed by atoms with van der Waals surface area (Å²) in [5, 5.41) is 1.20. The maximum atomic E-state index is 6.23. The number of likely N-dealkylation sites (tertiary alicyclic amines) is 1. The topological polar surface area (TPSA) is 38.5 Å². The normalized spacial score (nSPS) is 16.4. The number of hydrogen-bond acceptors (Lipinski definition) is 3. The van der Waals surface area contributed by atoms with Crippen molar-refractivity contribution in [1.29, 1.82) is 0 Å². The third-order valence-corrected chi connectivity index (χ3v) is 4.10. The molecule has 1 fully saturated rings. The highest BCUT2D eigenvalue weighted by molar-refractivity contribution is 6.35. The fourth-order valence-electron chi connectivity index (χ4n) is 2.58. The fourth-order valence-corrected chi connectivity index (χ4v) is 3.17. The number of rotatable bonds is 6. The minimum atomic E-state index is 0.555. The lowest BCUT2D eigenvalue weighted by Crippen LogP contribution is -2.33. The van der Waals surface area contributed by atoms with Crippen LogP contribution < -0.4 is 10.5 Å². The van der Waals surface area contributed by atoms with Crippen LogP contribution in [0, 0.1) is 0 Å². The van der Waals surface area contributed by atoms with Crippen molar-refractivity contribution in [2.45, 2.75) is 25.7 Å². The van der Waals surface area contributed by atoms with Gasteiger partial charge in [-0.2, -0.15) is 0 Å². The molecule has 5 heteroatoms. The number of nitrogens with zero attached hydrogens (tertiary/aromatic N) is 1. The Morgan fingerprint density at radius 3 is 2.60 bits per heavy atom. The van der Waals surface area contributed by atoms with Crippen molar-refractivity contribution >= 4 is 23.2 Å². The van der Waals surface area contributed by atoms with E-state index in [1.807, 2.05) is 6.07 Å². The minimum absolute atomic E-state index is 0.555. The maximum absolute atomic E-state index is 6.23. The summed E-state index contributed by atoms with van der Waals surface area (Å²) in [6.45, 7) is 4.50. The van der Waals surface area contributed by atoms with Crippen molar-refractivity contribution in [3.8, 4) is 5.75 Å². The molecule has 0 spiro atoms. The maximum Gasteiger partial charge on any atom is 0.141 e. The van der Waals surface area contributed by atoms with Crippen molar-refractivity contribution in [2.24, 2.45) is 5.73 Å². The standard InChI is InChI=1S/C15H22Cl2N2O/c16-13-10-12(4-5-18)15(14(17)11-13)20-9-8-19-6-2-1-3-7-19/h10-11H,1-9,18H2. The third-order valence-electron chi connectivity index (χ3n) is 3.60. The summed E-state index contributed by atoms with van der Waals surface area (Å²) in [4.78, 5) is 2.44. The van der Waals surface area contributed by atoms with Gasteiger partial charge in [-0.05, 0) is 56.6 Å². The van der Waals surface area contributed by atoms with Crippen LogP contribution in [0.2, 0.25) is 10.0 Å². The van der Waals surface area contributed by atoms with Gasteiger partial charge in [-0.15, -0.1) is 0 Å². The lowest BCUT2D eigenvalue weighted by molar-refractivity contribution is 0.183. The van der Waals surface area contributed by atoms with Crippen molar-refractivity contribution in [2.75, 3.05) is 32.8 Å². The highest BCUT2D eigenvalue weighted by atomic mass is 35.5. The Bertz CT molecular complexity index is 434. The number of benzene rings is 1. The van der Waals surface area contributed by atoms with Crippen LogP contribution in [0.3, 0.4) is 0 Å². The Morgan fingerprint density at radius 1 is 1.15 bits per heavy atom. The van der Waals surface area contributed by atoms with Gasteiger partial charge in [0.05, 0.1) is 5.02 Å². The molecule has 0 atom stereocenters. The molecular formula is C15H22Cl2N2O. The van der Waals surface area contributed by atoms with Crippen molar-refractivity contribution in [1.82, 2.24) is 4.90 Å². The molecule has 0 radical (unpaired) electrons. The zero-order valence-electron chi connectivity index (χ0n) is 11.7. The summed E-state index contributed by atoms with van der Waals surface area (Å²) in [6, 6.07) is 3.61. The van der Waals surface area contributed by atoms with E-state index in [-0.39, 0.29) is 0 Å². The summed E-state index contributed by atoms with van der Waals surface area (Å²) < 4.78 is 5.89. The number of nitrogens with two attached hydrogens (primary N) is 1. The summed E-state index contributed by atoms with van der Waals surface area (Å²) >= 11 is 12.3. The summed E-state index contributed by atoms with van der Waals surface area (Å²) in [5.41, 5.74) is 6.61. The van der Waals surface area contributed by atoms with Gasteiger partial charge in [0.15, 0.2) is 0 Å². The van der Waals surface area contributed by atoms with E-state index in [4.69, 9.17) is 33.7 Å². The predicted molar refractivity (Wildman–Crippen MR) is 85.0 cm³/mol. The van der Waals surface area contributed by atoms with Crippen molar-refractivity contribution < 1.29 is 4.74 Å². The summed E-state index contributed by atoms with van der Waals surface area (Å²) in [7, 11) is 0. The van der Waals surface area contributed by atoms with Gasteiger partial charge in [0, 0.05) is 11.6 Å². The Kier molecular flexibility index (Phi) is 6.43. The molecular weight excluding hydrogens is 295 g/mol. The van der Waals surface area contributed by atoms with E-state index in [0.29, 0.717) is 23.2 Å². The average Bonchev–Trinajstić information content (AvgIpc) is 2.43. The van der Waals surface area contributed by atoms with E-state index in [9.17, 15) is 0 Å². The molecule has 1 heterocycles. The molecule has 0 aromatic heterocycles. The van der Waals surface area contributed by atoms with Crippen LogP contribution in [0.15, 0.2) is 12.1 Å². The van der Waals surface area contributed by atoms with E-state index >= 15 is 0 Å². The lowest BCUT2D eigenvalue weighted by Gasteiger charge is -2.26. The Morgan fingerprint density at radius 2 is 1.90 bits per heavy atom. The van der Waals surface area contributed by atoms with Crippen molar-refractivity contribution in [3.63, 3.8) is 0 Å². The first kappa shape index (κ1) is 15.9. The fraction of sp³-hybridized carbons (Fsp3) is 0.600. The first-order valence-electron chi connectivity index (χ1n) is 7.24. The van der Waals surface area contributed by atoms with E-state index in [0.717, 1.165) is 24.3 Å². The molecule has 2 rings (SSSR count). The second kappa shape index (κ2) is 8.08. The minimum Gasteiger partial charge on any atom is -0.490 e. The second-order valence-electron chi connectivity index (χ2n) is 5.17. The molecule has 0 saturated carbocycles. The third kappa shape index (κ3) is 4.52. The van der Waals surface area contributed by atoms with Gasteiger partial charge in [-0.3, -0.25) is 4.90 Å². The zero-order valence-corrected chi connectivity index (χ0v) is 13.2. The summed E-state index contributed by atoms with van der Waals surface area (Å²) in [5.74, 6) is 0.735. The lowest BCUT2D eigenvalue weighted by atomic mass is 10.1. The SMILES string of the molecule is NCCc1cc(Cl)cc(Cl)c1OCCN1CCCCC1. The number of halogens is 2. The number of ether oxygens (including phenoxy) is 1. The van der Waals surface area contributed by atoms with Gasteiger partial charge < -0.3 is 10.5 Å². The van der Waals surface area contributed by atoms with E-state index in [1.165, 1.54) is 32.4 Å². The van der Waals surface area contributed by atoms with Gasteiger partial charge in [-0.1, -0.05) is 29.6 Å². The largest absolute Gasteiger partial charge is 0.490 e. The molecule has 0 bridgehead atoms. The van der Waals surface area contributed by atoms with Gasteiger partial charge >= 0.3 is 0 Å². The van der Waals surface area contributed by atoms with Crippen LogP contribution in [0.4, 0.5) is 0 Å². The molecule has 1 aromatic rings. The molecule has 1 aromatic carbocycles. The van der Waals surface area contributed by atoms with Crippen LogP contribution in [0.1, 0.15) is 24.8 Å².